The van der Waals surface area contributed by atoms with Gasteiger partial charge in [0, 0.05) is 6.04 Å². The normalized spacial score (nSPS) is 12.4. The Morgan fingerprint density at radius 1 is 1.24 bits per heavy atom. The molecule has 0 aliphatic rings. The minimum atomic E-state index is -0.316. The first-order chi connectivity index (χ1) is 10.1. The van der Waals surface area contributed by atoms with Crippen molar-refractivity contribution in [3.8, 4) is 5.75 Å². The maximum atomic E-state index is 13.0. The third-order valence-electron chi connectivity index (χ3n) is 3.22. The van der Waals surface area contributed by atoms with Crippen LogP contribution in [0.25, 0.3) is 0 Å². The van der Waals surface area contributed by atoms with Crippen molar-refractivity contribution in [1.29, 1.82) is 0 Å². The predicted octanol–water partition coefficient (Wildman–Crippen LogP) is 3.51. The zero-order valence-electron chi connectivity index (χ0n) is 12.6. The van der Waals surface area contributed by atoms with Gasteiger partial charge >= 0.3 is 0 Å². The summed E-state index contributed by atoms with van der Waals surface area (Å²) in [7, 11) is 1.66. The van der Waals surface area contributed by atoms with Crippen LogP contribution in [-0.2, 0) is 6.42 Å². The van der Waals surface area contributed by atoms with Crippen LogP contribution in [0.2, 0.25) is 0 Å². The fourth-order valence-corrected chi connectivity index (χ4v) is 2.28. The summed E-state index contributed by atoms with van der Waals surface area (Å²) in [4.78, 5) is 4.20. The minimum absolute atomic E-state index is 0.0395. The molecule has 0 radical (unpaired) electrons. The average Bonchev–Trinajstić information content (AvgIpc) is 2.47. The molecule has 1 aromatic heterocycles. The SMILES string of the molecule is COc1cccc(CC(NC(C)C)c2ccc(F)cn2)c1. The van der Waals surface area contributed by atoms with Crippen molar-refractivity contribution in [2.24, 2.45) is 0 Å². The number of pyridine rings is 1. The van der Waals surface area contributed by atoms with E-state index in [4.69, 9.17) is 4.74 Å². The molecule has 1 heterocycles. The second-order valence-corrected chi connectivity index (χ2v) is 5.33. The van der Waals surface area contributed by atoms with Crippen LogP contribution in [0.15, 0.2) is 42.6 Å². The Hall–Kier alpha value is -1.94. The first-order valence-electron chi connectivity index (χ1n) is 7.09. The minimum Gasteiger partial charge on any atom is -0.497 e. The summed E-state index contributed by atoms with van der Waals surface area (Å²) in [6, 6.07) is 11.5. The number of benzene rings is 1. The summed E-state index contributed by atoms with van der Waals surface area (Å²) in [5.74, 6) is 0.520. The molecule has 0 aliphatic carbocycles. The molecule has 1 atom stereocenters. The van der Waals surface area contributed by atoms with Crippen molar-refractivity contribution >= 4 is 0 Å². The van der Waals surface area contributed by atoms with Gasteiger partial charge in [0.15, 0.2) is 0 Å². The highest BCUT2D eigenvalue weighted by Gasteiger charge is 2.15. The summed E-state index contributed by atoms with van der Waals surface area (Å²) in [6.07, 6.45) is 2.03. The summed E-state index contributed by atoms with van der Waals surface area (Å²) < 4.78 is 18.3. The van der Waals surface area contributed by atoms with Gasteiger partial charge in [-0.05, 0) is 36.2 Å². The maximum absolute atomic E-state index is 13.0. The molecule has 0 aliphatic heterocycles. The molecule has 3 nitrogen and oxygen atoms in total. The van der Waals surface area contributed by atoms with E-state index in [0.29, 0.717) is 6.04 Å². The monoisotopic (exact) mass is 288 g/mol. The molecule has 1 N–H and O–H groups in total. The van der Waals surface area contributed by atoms with E-state index in [1.165, 1.54) is 12.3 Å². The van der Waals surface area contributed by atoms with Gasteiger partial charge in [-0.2, -0.15) is 0 Å². The van der Waals surface area contributed by atoms with Crippen molar-refractivity contribution in [2.75, 3.05) is 7.11 Å². The van der Waals surface area contributed by atoms with Crippen LogP contribution in [0.4, 0.5) is 4.39 Å². The van der Waals surface area contributed by atoms with Crippen LogP contribution in [-0.4, -0.2) is 18.1 Å². The Kier molecular flexibility index (Phi) is 5.28. The van der Waals surface area contributed by atoms with Crippen LogP contribution < -0.4 is 10.1 Å². The zero-order chi connectivity index (χ0) is 15.2. The number of ether oxygens (including phenoxy) is 1. The Morgan fingerprint density at radius 3 is 2.67 bits per heavy atom. The lowest BCUT2D eigenvalue weighted by Gasteiger charge is -2.21. The van der Waals surface area contributed by atoms with Crippen LogP contribution in [0, 0.1) is 5.82 Å². The lowest BCUT2D eigenvalue weighted by Crippen LogP contribution is -2.30. The van der Waals surface area contributed by atoms with E-state index in [0.717, 1.165) is 23.4 Å². The number of hydrogen-bond acceptors (Lipinski definition) is 3. The van der Waals surface area contributed by atoms with Crippen molar-refractivity contribution in [1.82, 2.24) is 10.3 Å². The molecule has 21 heavy (non-hydrogen) atoms. The van der Waals surface area contributed by atoms with Crippen LogP contribution in [0.3, 0.4) is 0 Å². The molecule has 1 aromatic carbocycles. The number of hydrogen-bond donors (Lipinski definition) is 1. The van der Waals surface area contributed by atoms with E-state index >= 15 is 0 Å². The molecule has 0 saturated heterocycles. The topological polar surface area (TPSA) is 34.1 Å². The lowest BCUT2D eigenvalue weighted by atomic mass is 10.0. The van der Waals surface area contributed by atoms with Crippen molar-refractivity contribution in [2.45, 2.75) is 32.4 Å². The largest absolute Gasteiger partial charge is 0.497 e. The first kappa shape index (κ1) is 15.4. The van der Waals surface area contributed by atoms with Gasteiger partial charge in [0.1, 0.15) is 11.6 Å². The number of aromatic nitrogens is 1. The Morgan fingerprint density at radius 2 is 2.05 bits per heavy atom. The quantitative estimate of drug-likeness (QED) is 0.883. The highest BCUT2D eigenvalue weighted by Crippen LogP contribution is 2.20. The molecule has 0 bridgehead atoms. The number of nitrogens with zero attached hydrogens (tertiary/aromatic N) is 1. The van der Waals surface area contributed by atoms with Crippen molar-refractivity contribution < 1.29 is 9.13 Å². The van der Waals surface area contributed by atoms with E-state index in [2.05, 4.69) is 30.2 Å². The summed E-state index contributed by atoms with van der Waals surface area (Å²) in [5, 5.41) is 3.48. The standard InChI is InChI=1S/C17H21FN2O/c1-12(2)20-17(16-8-7-14(18)11-19-16)10-13-5-4-6-15(9-13)21-3/h4-9,11-12,17,20H,10H2,1-3H3. The number of halogens is 1. The fourth-order valence-electron chi connectivity index (χ4n) is 2.28. The lowest BCUT2D eigenvalue weighted by molar-refractivity contribution is 0.413. The fraction of sp³-hybridized carbons (Fsp3) is 0.353. The third-order valence-corrected chi connectivity index (χ3v) is 3.22. The maximum Gasteiger partial charge on any atom is 0.141 e. The molecule has 0 amide bonds. The smallest absolute Gasteiger partial charge is 0.141 e. The highest BCUT2D eigenvalue weighted by atomic mass is 19.1. The Labute approximate surface area is 125 Å². The number of rotatable bonds is 6. The molecule has 0 saturated carbocycles. The van der Waals surface area contributed by atoms with Crippen molar-refractivity contribution in [3.05, 3.63) is 59.7 Å². The Bertz CT molecular complexity index is 569. The summed E-state index contributed by atoms with van der Waals surface area (Å²) in [5.41, 5.74) is 1.99. The Balaban J connectivity index is 2.21. The first-order valence-corrected chi connectivity index (χ1v) is 7.09. The second kappa shape index (κ2) is 7.18. The van der Waals surface area contributed by atoms with Gasteiger partial charge in [0.25, 0.3) is 0 Å². The highest BCUT2D eigenvalue weighted by molar-refractivity contribution is 5.29. The summed E-state index contributed by atoms with van der Waals surface area (Å²) >= 11 is 0. The molecular weight excluding hydrogens is 267 g/mol. The molecule has 0 fully saturated rings. The van der Waals surface area contributed by atoms with Gasteiger partial charge in [-0.25, -0.2) is 4.39 Å². The third kappa shape index (κ3) is 4.53. The van der Waals surface area contributed by atoms with Gasteiger partial charge in [0.2, 0.25) is 0 Å². The number of methoxy groups -OCH3 is 1. The van der Waals surface area contributed by atoms with Crippen LogP contribution in [0.5, 0.6) is 5.75 Å². The molecule has 2 aromatic rings. The van der Waals surface area contributed by atoms with Crippen molar-refractivity contribution in [3.63, 3.8) is 0 Å². The van der Waals surface area contributed by atoms with Crippen LogP contribution in [0.1, 0.15) is 31.1 Å². The van der Waals surface area contributed by atoms with Gasteiger partial charge in [-0.3, -0.25) is 4.98 Å². The molecule has 2 rings (SSSR count). The second-order valence-electron chi connectivity index (χ2n) is 5.33. The van der Waals surface area contributed by atoms with Gasteiger partial charge in [-0.1, -0.05) is 26.0 Å². The molecule has 4 heteroatoms. The zero-order valence-corrected chi connectivity index (χ0v) is 12.6. The molecular formula is C17H21FN2O. The molecule has 0 spiro atoms. The van der Waals surface area contributed by atoms with E-state index < -0.39 is 0 Å². The van der Waals surface area contributed by atoms with Gasteiger partial charge < -0.3 is 10.1 Å². The van der Waals surface area contributed by atoms with E-state index in [1.54, 1.807) is 13.2 Å². The number of nitrogens with one attached hydrogen (secondary N) is 1. The van der Waals surface area contributed by atoms with Crippen LogP contribution >= 0.6 is 0 Å². The van der Waals surface area contributed by atoms with E-state index in [-0.39, 0.29) is 11.9 Å². The van der Waals surface area contributed by atoms with E-state index in [9.17, 15) is 4.39 Å². The molecule has 1 unspecified atom stereocenters. The molecule has 112 valence electrons. The average molecular weight is 288 g/mol. The summed E-state index contributed by atoms with van der Waals surface area (Å²) in [6.45, 7) is 4.17. The van der Waals surface area contributed by atoms with Gasteiger partial charge in [-0.15, -0.1) is 0 Å². The van der Waals surface area contributed by atoms with Gasteiger partial charge in [0.05, 0.1) is 25.0 Å². The predicted molar refractivity (Wildman–Crippen MR) is 81.9 cm³/mol. The van der Waals surface area contributed by atoms with E-state index in [1.807, 2.05) is 18.2 Å².